The first-order chi connectivity index (χ1) is 9.20. The van der Waals surface area contributed by atoms with E-state index in [9.17, 15) is 14.4 Å². The quantitative estimate of drug-likeness (QED) is 0.621. The summed E-state index contributed by atoms with van der Waals surface area (Å²) in [4.78, 5) is 37.8. The third kappa shape index (κ3) is 2.83. The van der Waals surface area contributed by atoms with E-state index in [-0.39, 0.29) is 5.57 Å². The lowest BCUT2D eigenvalue weighted by molar-refractivity contribution is -0.133. The molecule has 1 aromatic rings. The molecule has 0 saturated carbocycles. The molecule has 0 radical (unpaired) electrons. The van der Waals surface area contributed by atoms with E-state index in [2.05, 4.69) is 21.2 Å². The van der Waals surface area contributed by atoms with Gasteiger partial charge in [-0.05, 0) is 54.9 Å². The Morgan fingerprint density at radius 3 is 2.40 bits per heavy atom. The molecular formula is C13H13BrN2O3S. The highest BCUT2D eigenvalue weighted by Gasteiger charge is 2.41. The predicted molar refractivity (Wildman–Crippen MR) is 80.1 cm³/mol. The van der Waals surface area contributed by atoms with Crippen molar-refractivity contribution in [1.29, 1.82) is 0 Å². The number of thiophene rings is 1. The molecule has 106 valence electrons. The molecule has 1 aliphatic heterocycles. The molecule has 2 rings (SSSR count). The fourth-order valence-electron chi connectivity index (χ4n) is 1.81. The Bertz CT molecular complexity index is 628. The molecule has 0 bridgehead atoms. The van der Waals surface area contributed by atoms with Crippen LogP contribution in [0.15, 0.2) is 21.5 Å². The normalized spacial score (nSPS) is 18.7. The first-order valence-corrected chi connectivity index (χ1v) is 7.48. The van der Waals surface area contributed by atoms with E-state index >= 15 is 0 Å². The van der Waals surface area contributed by atoms with E-state index in [4.69, 9.17) is 0 Å². The number of carbonyl (C=O) groups is 3. The number of nitrogens with one attached hydrogen (secondary N) is 1. The van der Waals surface area contributed by atoms with Gasteiger partial charge in [-0.2, -0.15) is 0 Å². The van der Waals surface area contributed by atoms with E-state index in [0.29, 0.717) is 0 Å². The number of nitrogens with zero attached hydrogens (tertiary/aromatic N) is 1. The molecule has 20 heavy (non-hydrogen) atoms. The maximum atomic E-state index is 12.4. The molecule has 1 fully saturated rings. The number of rotatable bonds is 1. The lowest BCUT2D eigenvalue weighted by atomic mass is 10.0. The fourth-order valence-corrected chi connectivity index (χ4v) is 3.18. The smallest absolute Gasteiger partial charge is 0.273 e. The van der Waals surface area contributed by atoms with Gasteiger partial charge in [0.2, 0.25) is 0 Å². The molecule has 2 heterocycles. The van der Waals surface area contributed by atoms with Crippen LogP contribution in [0.2, 0.25) is 0 Å². The minimum atomic E-state index is -0.697. The van der Waals surface area contributed by atoms with E-state index in [1.807, 2.05) is 6.07 Å². The first kappa shape index (κ1) is 14.9. The van der Waals surface area contributed by atoms with Crippen LogP contribution >= 0.6 is 27.3 Å². The predicted octanol–water partition coefficient (Wildman–Crippen LogP) is 2.77. The van der Waals surface area contributed by atoms with Crippen LogP contribution in [0.25, 0.3) is 6.08 Å². The summed E-state index contributed by atoms with van der Waals surface area (Å²) in [5.41, 5.74) is -0.731. The maximum absolute atomic E-state index is 12.4. The number of amides is 4. The second kappa shape index (κ2) is 5.14. The lowest BCUT2D eigenvalue weighted by Crippen LogP contribution is -2.60. The largest absolute Gasteiger partial charge is 0.331 e. The number of barbiturate groups is 1. The van der Waals surface area contributed by atoms with Crippen LogP contribution in [0.3, 0.4) is 0 Å². The molecule has 1 saturated heterocycles. The minimum Gasteiger partial charge on any atom is -0.273 e. The first-order valence-electron chi connectivity index (χ1n) is 5.87. The number of halogens is 1. The SMILES string of the molecule is CC(C)(C)N1C(=O)NC(=O)C(=Cc2ccc(Br)s2)C1=O. The number of carbonyl (C=O) groups excluding carboxylic acids is 3. The number of urea groups is 1. The standard InChI is InChI=1S/C13H13BrN2O3S/c1-13(2,3)16-11(18)8(10(17)15-12(16)19)6-7-4-5-9(14)20-7/h4-6H,1-3H3,(H,15,17,19). The van der Waals surface area contributed by atoms with Crippen molar-refractivity contribution in [3.05, 3.63) is 26.4 Å². The molecule has 1 aliphatic rings. The second-order valence-corrected chi connectivity index (χ2v) is 7.77. The van der Waals surface area contributed by atoms with Gasteiger partial charge < -0.3 is 0 Å². The molecule has 5 nitrogen and oxygen atoms in total. The Morgan fingerprint density at radius 2 is 1.90 bits per heavy atom. The van der Waals surface area contributed by atoms with E-state index in [0.717, 1.165) is 13.6 Å². The summed E-state index contributed by atoms with van der Waals surface area (Å²) >= 11 is 4.72. The van der Waals surface area contributed by atoms with Crippen molar-refractivity contribution in [3.63, 3.8) is 0 Å². The molecule has 1 N–H and O–H groups in total. The van der Waals surface area contributed by atoms with Crippen LogP contribution in [-0.2, 0) is 9.59 Å². The van der Waals surface area contributed by atoms with Gasteiger partial charge in [-0.3, -0.25) is 19.8 Å². The highest BCUT2D eigenvalue weighted by molar-refractivity contribution is 9.11. The Labute approximate surface area is 128 Å². The van der Waals surface area contributed by atoms with Gasteiger partial charge in [0, 0.05) is 10.4 Å². The van der Waals surface area contributed by atoms with Crippen molar-refractivity contribution in [2.75, 3.05) is 0 Å². The van der Waals surface area contributed by atoms with Crippen LogP contribution in [0.4, 0.5) is 4.79 Å². The van der Waals surface area contributed by atoms with E-state index < -0.39 is 23.4 Å². The van der Waals surface area contributed by atoms with Crippen molar-refractivity contribution < 1.29 is 14.4 Å². The van der Waals surface area contributed by atoms with Crippen LogP contribution < -0.4 is 5.32 Å². The Hall–Kier alpha value is -1.47. The van der Waals surface area contributed by atoms with Gasteiger partial charge in [0.25, 0.3) is 11.8 Å². The average Bonchev–Trinajstić information content (AvgIpc) is 2.67. The monoisotopic (exact) mass is 356 g/mol. The zero-order valence-electron chi connectivity index (χ0n) is 11.2. The van der Waals surface area contributed by atoms with Crippen molar-refractivity contribution in [2.24, 2.45) is 0 Å². The highest BCUT2D eigenvalue weighted by Crippen LogP contribution is 2.26. The minimum absolute atomic E-state index is 0.0334. The van der Waals surface area contributed by atoms with E-state index in [1.54, 1.807) is 26.8 Å². The van der Waals surface area contributed by atoms with Crippen LogP contribution in [0.1, 0.15) is 25.6 Å². The Kier molecular flexibility index (Phi) is 3.84. The van der Waals surface area contributed by atoms with Gasteiger partial charge in [0.1, 0.15) is 5.57 Å². The van der Waals surface area contributed by atoms with Crippen molar-refractivity contribution in [2.45, 2.75) is 26.3 Å². The summed E-state index contributed by atoms with van der Waals surface area (Å²) in [7, 11) is 0. The summed E-state index contributed by atoms with van der Waals surface area (Å²) in [5.74, 6) is -1.24. The molecule has 0 atom stereocenters. The molecule has 0 aromatic carbocycles. The summed E-state index contributed by atoms with van der Waals surface area (Å²) in [5, 5.41) is 2.20. The molecular weight excluding hydrogens is 344 g/mol. The van der Waals surface area contributed by atoms with Crippen molar-refractivity contribution in [3.8, 4) is 0 Å². The van der Waals surface area contributed by atoms with Gasteiger partial charge in [-0.25, -0.2) is 4.79 Å². The van der Waals surface area contributed by atoms with E-state index in [1.165, 1.54) is 17.4 Å². The molecule has 1 aromatic heterocycles. The van der Waals surface area contributed by atoms with Crippen molar-refractivity contribution >= 4 is 51.2 Å². The van der Waals surface area contributed by atoms with Crippen LogP contribution in [0, 0.1) is 0 Å². The maximum Gasteiger partial charge on any atom is 0.331 e. The molecule has 0 unspecified atom stereocenters. The van der Waals surface area contributed by atoms with Gasteiger partial charge in [0.05, 0.1) is 3.79 Å². The lowest BCUT2D eigenvalue weighted by Gasteiger charge is -2.36. The summed E-state index contributed by atoms with van der Waals surface area (Å²) in [6.07, 6.45) is 1.50. The highest BCUT2D eigenvalue weighted by atomic mass is 79.9. The Balaban J connectivity index is 2.42. The summed E-state index contributed by atoms with van der Waals surface area (Å²) in [6, 6.07) is 2.94. The topological polar surface area (TPSA) is 66.5 Å². The average molecular weight is 357 g/mol. The van der Waals surface area contributed by atoms with Crippen LogP contribution in [0.5, 0.6) is 0 Å². The number of hydrogen-bond donors (Lipinski definition) is 1. The zero-order chi connectivity index (χ0) is 15.1. The molecule has 7 heteroatoms. The summed E-state index contributed by atoms with van der Waals surface area (Å²) < 4.78 is 0.900. The summed E-state index contributed by atoms with van der Waals surface area (Å²) in [6.45, 7) is 5.21. The zero-order valence-corrected chi connectivity index (χ0v) is 13.6. The fraction of sp³-hybridized carbons (Fsp3) is 0.308. The van der Waals surface area contributed by atoms with Gasteiger partial charge >= 0.3 is 6.03 Å². The Morgan fingerprint density at radius 1 is 1.25 bits per heavy atom. The van der Waals surface area contributed by atoms with Gasteiger partial charge in [-0.15, -0.1) is 11.3 Å². The number of imide groups is 2. The van der Waals surface area contributed by atoms with Gasteiger partial charge in [-0.1, -0.05) is 0 Å². The molecule has 0 aliphatic carbocycles. The second-order valence-electron chi connectivity index (χ2n) is 5.27. The molecule has 4 amide bonds. The third-order valence-corrected chi connectivity index (χ3v) is 4.22. The van der Waals surface area contributed by atoms with Crippen LogP contribution in [-0.4, -0.2) is 28.3 Å². The molecule has 0 spiro atoms. The van der Waals surface area contributed by atoms with Crippen molar-refractivity contribution in [1.82, 2.24) is 10.2 Å². The third-order valence-electron chi connectivity index (χ3n) is 2.65. The number of hydrogen-bond acceptors (Lipinski definition) is 4. The van der Waals surface area contributed by atoms with Gasteiger partial charge in [0.15, 0.2) is 0 Å².